The highest BCUT2D eigenvalue weighted by Crippen LogP contribution is 2.36. The van der Waals surface area contributed by atoms with Crippen LogP contribution in [0.1, 0.15) is 58.8 Å². The third kappa shape index (κ3) is 3.34. The zero-order valence-electron chi connectivity index (χ0n) is 13.2. The molecule has 0 amide bonds. The van der Waals surface area contributed by atoms with E-state index in [-0.39, 0.29) is 5.97 Å². The first-order valence-electron chi connectivity index (χ1n) is 8.09. The summed E-state index contributed by atoms with van der Waals surface area (Å²) in [6.45, 7) is 5.66. The van der Waals surface area contributed by atoms with E-state index in [1.807, 2.05) is 0 Å². The average molecular weight is 282 g/mol. The Morgan fingerprint density at radius 3 is 2.50 bits per heavy atom. The Labute approximate surface area is 123 Å². The molecule has 0 radical (unpaired) electrons. The van der Waals surface area contributed by atoms with Crippen LogP contribution < -0.4 is 5.73 Å². The lowest BCUT2D eigenvalue weighted by atomic mass is 9.98. The molecule has 2 rings (SSSR count). The predicted octanol–water partition coefficient (Wildman–Crippen LogP) is 2.31. The topological polar surface area (TPSA) is 55.6 Å². The van der Waals surface area contributed by atoms with Gasteiger partial charge in [0, 0.05) is 18.6 Å². The molecule has 116 valence electrons. The van der Waals surface area contributed by atoms with Crippen molar-refractivity contribution in [2.24, 2.45) is 11.7 Å². The molecule has 2 fully saturated rings. The summed E-state index contributed by atoms with van der Waals surface area (Å²) < 4.78 is 4.89. The number of carbonyl (C=O) groups is 1. The second-order valence-corrected chi connectivity index (χ2v) is 7.07. The Morgan fingerprint density at radius 1 is 1.30 bits per heavy atom. The molecule has 4 nitrogen and oxygen atoms in total. The van der Waals surface area contributed by atoms with E-state index < -0.39 is 5.54 Å². The van der Waals surface area contributed by atoms with Crippen LogP contribution in [0.15, 0.2) is 0 Å². The number of ether oxygens (including phenoxy) is 1. The van der Waals surface area contributed by atoms with Crippen LogP contribution in [0.5, 0.6) is 0 Å². The zero-order chi connectivity index (χ0) is 14.8. The van der Waals surface area contributed by atoms with Gasteiger partial charge in [-0.3, -0.25) is 9.69 Å². The van der Waals surface area contributed by atoms with Crippen LogP contribution in [0, 0.1) is 5.92 Å². The van der Waals surface area contributed by atoms with Gasteiger partial charge in [0.25, 0.3) is 0 Å². The van der Waals surface area contributed by atoms with Crippen LogP contribution in [0.4, 0.5) is 0 Å². The molecule has 0 spiro atoms. The fourth-order valence-electron chi connectivity index (χ4n) is 3.97. The predicted molar refractivity (Wildman–Crippen MR) is 80.4 cm³/mol. The number of nitrogens with zero attached hydrogens (tertiary/aromatic N) is 1. The molecule has 0 bridgehead atoms. The van der Waals surface area contributed by atoms with Gasteiger partial charge in [-0.1, -0.05) is 26.7 Å². The van der Waals surface area contributed by atoms with E-state index in [1.165, 1.54) is 32.8 Å². The van der Waals surface area contributed by atoms with Gasteiger partial charge in [0.05, 0.1) is 7.11 Å². The van der Waals surface area contributed by atoms with Gasteiger partial charge in [0.2, 0.25) is 0 Å². The molecule has 2 saturated carbocycles. The SMILES string of the molecule is COC(=O)C1(N)CCC(N(CC(C)C)C2CCCC2)C1. The fraction of sp³-hybridized carbons (Fsp3) is 0.938. The Morgan fingerprint density at radius 2 is 1.95 bits per heavy atom. The Hall–Kier alpha value is -0.610. The minimum Gasteiger partial charge on any atom is -0.468 e. The van der Waals surface area contributed by atoms with Crippen LogP contribution in [0.2, 0.25) is 0 Å². The smallest absolute Gasteiger partial charge is 0.325 e. The van der Waals surface area contributed by atoms with Crippen LogP contribution in [-0.4, -0.2) is 42.1 Å². The maximum Gasteiger partial charge on any atom is 0.325 e. The molecule has 0 aliphatic heterocycles. The molecule has 0 aromatic rings. The molecule has 4 heteroatoms. The van der Waals surface area contributed by atoms with E-state index in [2.05, 4.69) is 18.7 Å². The third-order valence-corrected chi connectivity index (χ3v) is 4.95. The summed E-state index contributed by atoms with van der Waals surface area (Å²) in [5, 5.41) is 0. The molecule has 0 aromatic carbocycles. The minimum absolute atomic E-state index is 0.240. The van der Waals surface area contributed by atoms with Gasteiger partial charge >= 0.3 is 5.97 Å². The highest BCUT2D eigenvalue weighted by molar-refractivity contribution is 5.81. The van der Waals surface area contributed by atoms with Crippen molar-refractivity contribution < 1.29 is 9.53 Å². The number of esters is 1. The summed E-state index contributed by atoms with van der Waals surface area (Å²) in [6.07, 6.45) is 7.83. The van der Waals surface area contributed by atoms with Crippen molar-refractivity contribution in [3.8, 4) is 0 Å². The molecular formula is C16H30N2O2. The average Bonchev–Trinajstić information content (AvgIpc) is 3.05. The van der Waals surface area contributed by atoms with Gasteiger partial charge in [-0.05, 0) is 38.0 Å². The van der Waals surface area contributed by atoms with Crippen molar-refractivity contribution in [3.63, 3.8) is 0 Å². The Bertz CT molecular complexity index is 339. The molecule has 0 saturated heterocycles. The summed E-state index contributed by atoms with van der Waals surface area (Å²) >= 11 is 0. The number of methoxy groups -OCH3 is 1. The lowest BCUT2D eigenvalue weighted by molar-refractivity contribution is -0.147. The minimum atomic E-state index is -0.757. The maximum absolute atomic E-state index is 11.9. The van der Waals surface area contributed by atoms with Gasteiger partial charge in [-0.15, -0.1) is 0 Å². The summed E-state index contributed by atoms with van der Waals surface area (Å²) in [5.74, 6) is 0.414. The number of nitrogens with two attached hydrogens (primary N) is 1. The Kier molecular flexibility index (Phi) is 5.08. The summed E-state index contributed by atoms with van der Waals surface area (Å²) in [5.41, 5.74) is 5.51. The van der Waals surface area contributed by atoms with Crippen molar-refractivity contribution in [1.29, 1.82) is 0 Å². The molecule has 2 unspecified atom stereocenters. The van der Waals surface area contributed by atoms with Gasteiger partial charge in [0.15, 0.2) is 0 Å². The van der Waals surface area contributed by atoms with Crippen LogP contribution in [-0.2, 0) is 9.53 Å². The molecule has 0 heterocycles. The van der Waals surface area contributed by atoms with Gasteiger partial charge in [-0.2, -0.15) is 0 Å². The molecule has 2 aliphatic rings. The van der Waals surface area contributed by atoms with Gasteiger partial charge in [-0.25, -0.2) is 0 Å². The van der Waals surface area contributed by atoms with Crippen LogP contribution >= 0.6 is 0 Å². The van der Waals surface area contributed by atoms with Crippen LogP contribution in [0.25, 0.3) is 0 Å². The first-order chi connectivity index (χ1) is 9.46. The van der Waals surface area contributed by atoms with E-state index in [0.717, 1.165) is 25.8 Å². The lowest BCUT2D eigenvalue weighted by Gasteiger charge is -2.36. The van der Waals surface area contributed by atoms with Crippen molar-refractivity contribution in [1.82, 2.24) is 4.90 Å². The highest BCUT2D eigenvalue weighted by atomic mass is 16.5. The van der Waals surface area contributed by atoms with E-state index in [1.54, 1.807) is 0 Å². The lowest BCUT2D eigenvalue weighted by Crippen LogP contribution is -2.49. The first kappa shape index (κ1) is 15.8. The van der Waals surface area contributed by atoms with Crippen molar-refractivity contribution in [2.45, 2.75) is 76.4 Å². The van der Waals surface area contributed by atoms with E-state index in [4.69, 9.17) is 10.5 Å². The molecule has 0 aromatic heterocycles. The van der Waals surface area contributed by atoms with E-state index in [9.17, 15) is 4.79 Å². The van der Waals surface area contributed by atoms with E-state index >= 15 is 0 Å². The van der Waals surface area contributed by atoms with Gasteiger partial charge in [0.1, 0.15) is 5.54 Å². The zero-order valence-corrected chi connectivity index (χ0v) is 13.2. The molecular weight excluding hydrogens is 252 g/mol. The largest absolute Gasteiger partial charge is 0.468 e. The summed E-state index contributed by atoms with van der Waals surface area (Å²) in [4.78, 5) is 14.5. The normalized spacial score (nSPS) is 31.4. The first-order valence-corrected chi connectivity index (χ1v) is 8.09. The highest BCUT2D eigenvalue weighted by Gasteiger charge is 2.46. The van der Waals surface area contributed by atoms with Crippen molar-refractivity contribution in [2.75, 3.05) is 13.7 Å². The molecule has 20 heavy (non-hydrogen) atoms. The van der Waals surface area contributed by atoms with Gasteiger partial charge < -0.3 is 10.5 Å². The Balaban J connectivity index is 2.04. The molecule has 2 aliphatic carbocycles. The van der Waals surface area contributed by atoms with E-state index in [0.29, 0.717) is 18.0 Å². The summed E-state index contributed by atoms with van der Waals surface area (Å²) in [6, 6.07) is 1.15. The fourth-order valence-corrected chi connectivity index (χ4v) is 3.97. The second kappa shape index (κ2) is 6.44. The number of carbonyl (C=O) groups excluding carboxylic acids is 1. The molecule has 2 N–H and O–H groups in total. The monoisotopic (exact) mass is 282 g/mol. The number of hydrogen-bond donors (Lipinski definition) is 1. The summed E-state index contributed by atoms with van der Waals surface area (Å²) in [7, 11) is 1.44. The molecule has 2 atom stereocenters. The van der Waals surface area contributed by atoms with Crippen molar-refractivity contribution >= 4 is 5.97 Å². The maximum atomic E-state index is 11.9. The number of rotatable bonds is 5. The third-order valence-electron chi connectivity index (χ3n) is 4.95. The number of hydrogen-bond acceptors (Lipinski definition) is 4. The quantitative estimate of drug-likeness (QED) is 0.786. The van der Waals surface area contributed by atoms with Crippen molar-refractivity contribution in [3.05, 3.63) is 0 Å². The second-order valence-electron chi connectivity index (χ2n) is 7.07. The van der Waals surface area contributed by atoms with Crippen LogP contribution in [0.3, 0.4) is 0 Å². The standard InChI is InChI=1S/C16H30N2O2/c1-12(2)11-18(13-6-4-5-7-13)14-8-9-16(17,10-14)15(19)20-3/h12-14H,4-11,17H2,1-3H3.